The molecular weight excluding hydrogens is 200 g/mol. The molecule has 0 bridgehead atoms. The van der Waals surface area contributed by atoms with Crippen LogP contribution in [0.25, 0.3) is 15.1 Å². The average molecular weight is 204 g/mol. The summed E-state index contributed by atoms with van der Waals surface area (Å²) in [4.78, 5) is 13.6. The smallest absolute Gasteiger partial charge is 0.412 e. The Kier molecular flexibility index (Phi) is 1.91. The molecule has 14 heavy (non-hydrogen) atoms. The Bertz CT molecular complexity index is 553. The molecule has 0 spiro atoms. The highest BCUT2D eigenvalue weighted by Crippen LogP contribution is 2.37. The van der Waals surface area contributed by atoms with Crippen LogP contribution < -0.4 is 5.11 Å². The molecule has 1 aromatic carbocycles. The molecule has 0 atom stereocenters. The summed E-state index contributed by atoms with van der Waals surface area (Å²) < 4.78 is 0.763. The van der Waals surface area contributed by atoms with Gasteiger partial charge in [0.05, 0.1) is 11.4 Å². The predicted octanol–water partition coefficient (Wildman–Crippen LogP) is 1.75. The van der Waals surface area contributed by atoms with Gasteiger partial charge in [-0.05, 0) is 12.1 Å². The Morgan fingerprint density at radius 1 is 1.43 bits per heavy atom. The van der Waals surface area contributed by atoms with Gasteiger partial charge in [-0.15, -0.1) is 11.3 Å². The Labute approximate surface area is 83.0 Å². The number of benzene rings is 1. The molecule has 0 saturated heterocycles. The highest BCUT2D eigenvalue weighted by atomic mass is 32.1. The molecule has 1 heterocycles. The van der Waals surface area contributed by atoms with Gasteiger partial charge >= 0.3 is 5.69 Å². The summed E-state index contributed by atoms with van der Waals surface area (Å²) in [5.74, 6) is -1.32. The zero-order valence-corrected chi connectivity index (χ0v) is 7.75. The van der Waals surface area contributed by atoms with Gasteiger partial charge in [-0.1, -0.05) is 12.1 Å². The number of aromatic carboxylic acids is 1. The maximum atomic E-state index is 10.7. The number of fused-ring (bicyclic) bond motifs is 1. The molecule has 0 aliphatic heterocycles. The lowest BCUT2D eigenvalue weighted by molar-refractivity contribution is -0.254. The summed E-state index contributed by atoms with van der Waals surface area (Å²) in [6.07, 6.45) is 0. The summed E-state index contributed by atoms with van der Waals surface area (Å²) in [5.41, 5.74) is 0.0746. The van der Waals surface area contributed by atoms with Crippen LogP contribution in [0, 0.1) is 5.39 Å². The summed E-state index contributed by atoms with van der Waals surface area (Å²) in [6.45, 7) is 0. The molecule has 1 aromatic heterocycles. The fourth-order valence-corrected chi connectivity index (χ4v) is 2.24. The second kappa shape index (κ2) is 3.09. The van der Waals surface area contributed by atoms with Gasteiger partial charge in [-0.3, -0.25) is 0 Å². The van der Waals surface area contributed by atoms with E-state index in [9.17, 15) is 9.90 Å². The van der Waals surface area contributed by atoms with Crippen molar-refractivity contribution in [2.24, 2.45) is 0 Å². The van der Waals surface area contributed by atoms with Gasteiger partial charge in [0.2, 0.25) is 5.39 Å². The Balaban J connectivity index is 2.87. The van der Waals surface area contributed by atoms with Crippen LogP contribution in [0.4, 0.5) is 5.69 Å². The summed E-state index contributed by atoms with van der Waals surface area (Å²) >= 11 is 1.04. The Morgan fingerprint density at radius 2 is 2.14 bits per heavy atom. The number of thiophene rings is 1. The van der Waals surface area contributed by atoms with Gasteiger partial charge < -0.3 is 9.90 Å². The fourth-order valence-electron chi connectivity index (χ4n) is 1.27. The maximum Gasteiger partial charge on any atom is 0.412 e. The van der Waals surface area contributed by atoms with Gasteiger partial charge in [0.15, 0.2) is 4.98 Å². The second-order valence-electron chi connectivity index (χ2n) is 2.66. The number of hydrogen-bond donors (Lipinski definition) is 0. The third kappa shape index (κ3) is 1.13. The van der Waals surface area contributed by atoms with Crippen molar-refractivity contribution in [2.45, 2.75) is 0 Å². The van der Waals surface area contributed by atoms with Crippen molar-refractivity contribution in [2.75, 3.05) is 0 Å². The normalized spacial score (nSPS) is 9.93. The molecular formula is C9H4N2O2S. The minimum atomic E-state index is -1.32. The highest BCUT2D eigenvalue weighted by Gasteiger charge is 2.22. The van der Waals surface area contributed by atoms with Crippen LogP contribution >= 0.6 is 11.3 Å². The van der Waals surface area contributed by atoms with Crippen molar-refractivity contribution in [3.8, 4) is 0 Å². The van der Waals surface area contributed by atoms with Gasteiger partial charge in [0, 0.05) is 4.70 Å². The first kappa shape index (κ1) is 8.66. The van der Waals surface area contributed by atoms with Gasteiger partial charge in [-0.25, -0.2) is 0 Å². The number of carbonyl (C=O) groups excluding carboxylic acids is 1. The van der Waals surface area contributed by atoms with Crippen molar-refractivity contribution in [1.29, 1.82) is 5.39 Å². The van der Waals surface area contributed by atoms with Crippen LogP contribution in [-0.2, 0) is 0 Å². The number of carbonyl (C=O) groups is 1. The molecule has 2 aromatic rings. The van der Waals surface area contributed by atoms with Crippen LogP contribution in [-0.4, -0.2) is 5.97 Å². The van der Waals surface area contributed by atoms with Crippen LogP contribution in [0.3, 0.4) is 0 Å². The number of carboxylic acids is 1. The lowest BCUT2D eigenvalue weighted by Gasteiger charge is -1.89. The van der Waals surface area contributed by atoms with Gasteiger partial charge in [0.1, 0.15) is 4.88 Å². The Morgan fingerprint density at radius 3 is 2.79 bits per heavy atom. The zero-order chi connectivity index (χ0) is 10.1. The van der Waals surface area contributed by atoms with Crippen molar-refractivity contribution in [3.05, 3.63) is 34.1 Å². The first-order valence-corrected chi connectivity index (χ1v) is 4.63. The van der Waals surface area contributed by atoms with E-state index in [0.29, 0.717) is 5.39 Å². The molecule has 0 radical (unpaired) electrons. The van der Waals surface area contributed by atoms with E-state index in [1.807, 2.05) is 0 Å². The number of nitrogens with zero attached hydrogens (tertiary/aromatic N) is 2. The van der Waals surface area contributed by atoms with Crippen LogP contribution in [0.5, 0.6) is 0 Å². The molecule has 0 unspecified atom stereocenters. The third-order valence-electron chi connectivity index (χ3n) is 1.85. The first-order chi connectivity index (χ1) is 6.74. The van der Waals surface area contributed by atoms with Crippen molar-refractivity contribution in [1.82, 2.24) is 0 Å². The molecule has 0 aliphatic rings. The minimum Gasteiger partial charge on any atom is -0.544 e. The van der Waals surface area contributed by atoms with E-state index in [-0.39, 0.29) is 10.6 Å². The number of diazo groups is 1. The lowest BCUT2D eigenvalue weighted by atomic mass is 10.2. The van der Waals surface area contributed by atoms with Crippen molar-refractivity contribution >= 4 is 33.1 Å². The SMILES string of the molecule is N#[N+]c1c(C(=O)[O-])sc2ccccc12. The number of carboxylic acid groups (broad SMARTS) is 1. The molecule has 0 N–H and O–H groups in total. The largest absolute Gasteiger partial charge is 0.544 e. The number of hydrogen-bond acceptors (Lipinski definition) is 4. The highest BCUT2D eigenvalue weighted by molar-refractivity contribution is 7.21. The first-order valence-electron chi connectivity index (χ1n) is 3.82. The van der Waals surface area contributed by atoms with E-state index in [2.05, 4.69) is 4.98 Å². The van der Waals surface area contributed by atoms with Gasteiger partial charge in [0.25, 0.3) is 0 Å². The molecule has 4 nitrogen and oxygen atoms in total. The molecule has 68 valence electrons. The summed E-state index contributed by atoms with van der Waals surface area (Å²) in [5, 5.41) is 20.0. The molecule has 0 amide bonds. The molecule has 0 saturated carbocycles. The van der Waals surface area contributed by atoms with E-state index in [1.165, 1.54) is 0 Å². The van der Waals surface area contributed by atoms with Gasteiger partial charge in [-0.2, -0.15) is 0 Å². The summed E-state index contributed by atoms with van der Waals surface area (Å²) in [6, 6.07) is 7.01. The maximum absolute atomic E-state index is 10.7. The van der Waals surface area contributed by atoms with E-state index in [4.69, 9.17) is 5.39 Å². The van der Waals surface area contributed by atoms with E-state index >= 15 is 0 Å². The lowest BCUT2D eigenvalue weighted by Crippen LogP contribution is -2.20. The average Bonchev–Trinajstić information content (AvgIpc) is 2.56. The molecule has 0 aliphatic carbocycles. The monoisotopic (exact) mass is 204 g/mol. The Hall–Kier alpha value is -1.93. The third-order valence-corrected chi connectivity index (χ3v) is 2.99. The van der Waals surface area contributed by atoms with E-state index < -0.39 is 5.97 Å². The molecule has 5 heteroatoms. The van der Waals surface area contributed by atoms with Crippen LogP contribution in [0.1, 0.15) is 9.67 Å². The second-order valence-corrected chi connectivity index (χ2v) is 3.72. The minimum absolute atomic E-state index is 0.0475. The predicted molar refractivity (Wildman–Crippen MR) is 50.9 cm³/mol. The van der Waals surface area contributed by atoms with E-state index in [0.717, 1.165) is 16.0 Å². The number of rotatable bonds is 1. The van der Waals surface area contributed by atoms with Crippen LogP contribution in [0.15, 0.2) is 24.3 Å². The molecule has 0 fully saturated rings. The molecule has 2 rings (SSSR count). The topological polar surface area (TPSA) is 68.3 Å². The van der Waals surface area contributed by atoms with E-state index in [1.54, 1.807) is 24.3 Å². The fraction of sp³-hybridized carbons (Fsp3) is 0. The quantitative estimate of drug-likeness (QED) is 0.664. The zero-order valence-electron chi connectivity index (χ0n) is 6.93. The van der Waals surface area contributed by atoms with Crippen LogP contribution in [0.2, 0.25) is 0 Å². The van der Waals surface area contributed by atoms with Crippen molar-refractivity contribution in [3.63, 3.8) is 0 Å². The van der Waals surface area contributed by atoms with Crippen molar-refractivity contribution < 1.29 is 9.90 Å². The summed E-state index contributed by atoms with van der Waals surface area (Å²) in [7, 11) is 0. The standard InChI is InChI=1S/C9H4N2O2S/c10-11-7-5-3-1-2-4-6(5)14-8(7)9(12)13/h1-4H.